The Balaban J connectivity index is 3.09. The van der Waals surface area contributed by atoms with Crippen molar-refractivity contribution >= 4 is 21.9 Å². The Bertz CT molecular complexity index is 391. The van der Waals surface area contributed by atoms with Crippen LogP contribution in [0.1, 0.15) is 5.56 Å². The molecule has 0 bridgehead atoms. The molecule has 5 nitrogen and oxygen atoms in total. The van der Waals surface area contributed by atoms with Gasteiger partial charge >= 0.3 is 5.97 Å². The minimum Gasteiger partial charge on any atom is -0.493 e. The summed E-state index contributed by atoms with van der Waals surface area (Å²) in [5.41, 5.74) is 0.459. The van der Waals surface area contributed by atoms with Crippen LogP contribution in [0.4, 0.5) is 0 Å². The molecule has 0 radical (unpaired) electrons. The van der Waals surface area contributed by atoms with Crippen molar-refractivity contribution in [1.29, 1.82) is 0 Å². The number of carbonyl (C=O) groups is 1. The van der Waals surface area contributed by atoms with Gasteiger partial charge in [-0.1, -0.05) is 15.9 Å². The first-order chi connectivity index (χ1) is 7.60. The van der Waals surface area contributed by atoms with E-state index >= 15 is 0 Å². The van der Waals surface area contributed by atoms with Crippen LogP contribution in [-0.4, -0.2) is 29.9 Å². The molecule has 0 heterocycles. The molecular formula is C10H11BrO5. The molecule has 1 aromatic rings. The topological polar surface area (TPSA) is 76.0 Å². The van der Waals surface area contributed by atoms with Crippen LogP contribution in [0.15, 0.2) is 16.6 Å². The van der Waals surface area contributed by atoms with Crippen molar-refractivity contribution in [3.8, 4) is 11.5 Å². The van der Waals surface area contributed by atoms with E-state index in [2.05, 4.69) is 15.9 Å². The molecule has 0 saturated heterocycles. The highest BCUT2D eigenvalue weighted by Crippen LogP contribution is 2.36. The quantitative estimate of drug-likeness (QED) is 0.858. The summed E-state index contributed by atoms with van der Waals surface area (Å²) in [5, 5.41) is 17.7. The van der Waals surface area contributed by atoms with Crippen molar-refractivity contribution in [2.75, 3.05) is 13.7 Å². The Morgan fingerprint density at radius 2 is 2.19 bits per heavy atom. The van der Waals surface area contributed by atoms with Crippen LogP contribution in [-0.2, 0) is 11.4 Å². The third-order valence-corrected chi connectivity index (χ3v) is 2.63. The number of rotatable bonds is 5. The molecule has 16 heavy (non-hydrogen) atoms. The molecule has 0 unspecified atom stereocenters. The second-order valence-electron chi connectivity index (χ2n) is 2.90. The van der Waals surface area contributed by atoms with Gasteiger partial charge in [-0.15, -0.1) is 0 Å². The molecule has 0 atom stereocenters. The molecule has 1 aromatic carbocycles. The fraction of sp³-hybridized carbons (Fsp3) is 0.300. The number of halogens is 1. The fourth-order valence-corrected chi connectivity index (χ4v) is 1.62. The molecule has 1 rings (SSSR count). The Morgan fingerprint density at radius 1 is 1.50 bits per heavy atom. The number of carboxylic acids is 1. The lowest BCUT2D eigenvalue weighted by atomic mass is 10.2. The summed E-state index contributed by atoms with van der Waals surface area (Å²) in [7, 11) is 1.44. The second-order valence-corrected chi connectivity index (χ2v) is 3.75. The van der Waals surface area contributed by atoms with Crippen molar-refractivity contribution in [3.05, 3.63) is 22.2 Å². The summed E-state index contributed by atoms with van der Waals surface area (Å²) in [6.45, 7) is -0.757. The zero-order valence-corrected chi connectivity index (χ0v) is 10.2. The van der Waals surface area contributed by atoms with E-state index in [1.54, 1.807) is 12.1 Å². The average molecular weight is 291 g/mol. The van der Waals surface area contributed by atoms with Gasteiger partial charge in [0.2, 0.25) is 0 Å². The number of hydrogen-bond acceptors (Lipinski definition) is 4. The van der Waals surface area contributed by atoms with Crippen molar-refractivity contribution in [1.82, 2.24) is 0 Å². The smallest absolute Gasteiger partial charge is 0.341 e. The standard InChI is InChI=1S/C10H11BrO5/c1-15-8-3-2-7(11)6(4-12)10(8)16-5-9(13)14/h2-3,12H,4-5H2,1H3,(H,13,14). The third-order valence-electron chi connectivity index (χ3n) is 1.89. The van der Waals surface area contributed by atoms with Crippen LogP contribution in [0.2, 0.25) is 0 Å². The SMILES string of the molecule is COc1ccc(Br)c(CO)c1OCC(=O)O. The van der Waals surface area contributed by atoms with Gasteiger partial charge in [-0.25, -0.2) is 4.79 Å². The second kappa shape index (κ2) is 5.72. The minimum atomic E-state index is -1.09. The maximum Gasteiger partial charge on any atom is 0.341 e. The zero-order chi connectivity index (χ0) is 12.1. The summed E-state index contributed by atoms with van der Waals surface area (Å²) in [6.07, 6.45) is 0. The van der Waals surface area contributed by atoms with E-state index in [1.165, 1.54) is 7.11 Å². The average Bonchev–Trinajstić information content (AvgIpc) is 2.26. The number of ether oxygens (including phenoxy) is 2. The highest BCUT2D eigenvalue weighted by molar-refractivity contribution is 9.10. The molecule has 0 aromatic heterocycles. The van der Waals surface area contributed by atoms with E-state index in [1.807, 2.05) is 0 Å². The lowest BCUT2D eigenvalue weighted by Gasteiger charge is -2.14. The molecule has 0 aliphatic carbocycles. The first kappa shape index (κ1) is 12.8. The van der Waals surface area contributed by atoms with Crippen LogP contribution in [0, 0.1) is 0 Å². The van der Waals surface area contributed by atoms with Gasteiger partial charge in [0.25, 0.3) is 0 Å². The molecule has 0 aliphatic heterocycles. The Hall–Kier alpha value is -1.27. The Kier molecular flexibility index (Phi) is 4.57. The molecular weight excluding hydrogens is 280 g/mol. The number of aliphatic hydroxyl groups is 1. The highest BCUT2D eigenvalue weighted by Gasteiger charge is 2.14. The largest absolute Gasteiger partial charge is 0.493 e. The van der Waals surface area contributed by atoms with E-state index in [0.717, 1.165) is 0 Å². The number of benzene rings is 1. The fourth-order valence-electron chi connectivity index (χ4n) is 1.18. The first-order valence-electron chi connectivity index (χ1n) is 4.41. The summed E-state index contributed by atoms with van der Waals surface area (Å²) in [5.74, 6) is -0.471. The van der Waals surface area contributed by atoms with Gasteiger partial charge in [-0.05, 0) is 12.1 Å². The number of aliphatic carboxylic acids is 1. The predicted molar refractivity (Wildman–Crippen MR) is 59.7 cm³/mol. The van der Waals surface area contributed by atoms with Gasteiger partial charge in [0.1, 0.15) is 0 Å². The van der Waals surface area contributed by atoms with Crippen molar-refractivity contribution < 1.29 is 24.5 Å². The van der Waals surface area contributed by atoms with Gasteiger partial charge in [0.15, 0.2) is 18.1 Å². The summed E-state index contributed by atoms with van der Waals surface area (Å²) in [6, 6.07) is 3.32. The molecule has 0 aliphatic rings. The van der Waals surface area contributed by atoms with Gasteiger partial charge in [-0.2, -0.15) is 0 Å². The van der Waals surface area contributed by atoms with E-state index in [-0.39, 0.29) is 12.4 Å². The van der Waals surface area contributed by atoms with Crippen molar-refractivity contribution in [2.24, 2.45) is 0 Å². The van der Waals surface area contributed by atoms with Crippen molar-refractivity contribution in [3.63, 3.8) is 0 Å². The zero-order valence-electron chi connectivity index (χ0n) is 8.57. The number of methoxy groups -OCH3 is 1. The molecule has 6 heteroatoms. The summed E-state index contributed by atoms with van der Waals surface area (Å²) < 4.78 is 10.7. The van der Waals surface area contributed by atoms with Crippen LogP contribution in [0.3, 0.4) is 0 Å². The van der Waals surface area contributed by atoms with Gasteiger partial charge in [-0.3, -0.25) is 0 Å². The van der Waals surface area contributed by atoms with Crippen LogP contribution in [0.5, 0.6) is 11.5 Å². The maximum absolute atomic E-state index is 10.4. The lowest BCUT2D eigenvalue weighted by molar-refractivity contribution is -0.139. The first-order valence-corrected chi connectivity index (χ1v) is 5.20. The highest BCUT2D eigenvalue weighted by atomic mass is 79.9. The summed E-state index contributed by atoms with van der Waals surface area (Å²) >= 11 is 3.23. The maximum atomic E-state index is 10.4. The van der Waals surface area contributed by atoms with E-state index in [4.69, 9.17) is 14.6 Å². The molecule has 2 N–H and O–H groups in total. The number of carboxylic acid groups (broad SMARTS) is 1. The van der Waals surface area contributed by atoms with Crippen LogP contribution >= 0.6 is 15.9 Å². The molecule has 88 valence electrons. The molecule has 0 saturated carbocycles. The predicted octanol–water partition coefficient (Wildman–Crippen LogP) is 1.41. The lowest BCUT2D eigenvalue weighted by Crippen LogP contribution is -2.11. The van der Waals surface area contributed by atoms with Gasteiger partial charge in [0, 0.05) is 10.0 Å². The van der Waals surface area contributed by atoms with Crippen LogP contribution in [0.25, 0.3) is 0 Å². The summed E-state index contributed by atoms with van der Waals surface area (Å²) in [4.78, 5) is 10.4. The minimum absolute atomic E-state index is 0.238. The van der Waals surface area contributed by atoms with Gasteiger partial charge in [0.05, 0.1) is 13.7 Å². The molecule has 0 fully saturated rings. The Morgan fingerprint density at radius 3 is 2.69 bits per heavy atom. The molecule has 0 amide bonds. The van der Waals surface area contributed by atoms with E-state index in [0.29, 0.717) is 15.8 Å². The van der Waals surface area contributed by atoms with Crippen LogP contribution < -0.4 is 9.47 Å². The third kappa shape index (κ3) is 2.86. The van der Waals surface area contributed by atoms with Crippen molar-refractivity contribution in [2.45, 2.75) is 6.61 Å². The van der Waals surface area contributed by atoms with E-state index in [9.17, 15) is 9.90 Å². The van der Waals surface area contributed by atoms with E-state index < -0.39 is 12.6 Å². The number of aliphatic hydroxyl groups excluding tert-OH is 1. The number of hydrogen-bond donors (Lipinski definition) is 2. The normalized spacial score (nSPS) is 9.94. The Labute approximate surface area is 101 Å². The monoisotopic (exact) mass is 290 g/mol. The molecule has 0 spiro atoms. The van der Waals surface area contributed by atoms with Gasteiger partial charge < -0.3 is 19.7 Å².